The lowest BCUT2D eigenvalue weighted by Gasteiger charge is -2.12. The number of rotatable bonds is 2. The maximum absolute atomic E-state index is 11.7. The van der Waals surface area contributed by atoms with Crippen LogP contribution < -0.4 is 5.32 Å². The Morgan fingerprint density at radius 3 is 2.69 bits per heavy atom. The molecule has 0 aliphatic heterocycles. The molecule has 16 heavy (non-hydrogen) atoms. The van der Waals surface area contributed by atoms with Crippen LogP contribution in [-0.4, -0.2) is 16.6 Å². The minimum absolute atomic E-state index is 0.176. The summed E-state index contributed by atoms with van der Waals surface area (Å²) in [5, 5.41) is 2.83. The summed E-state index contributed by atoms with van der Waals surface area (Å²) >= 11 is 0. The number of carbonyl (C=O) groups excluding carboxylic acids is 2. The molecular weight excluding hydrogens is 204 g/mol. The van der Waals surface area contributed by atoms with Crippen LogP contribution in [0.4, 0.5) is 5.82 Å². The summed E-state index contributed by atoms with van der Waals surface area (Å²) in [5.41, 5.74) is 0.703. The molecule has 0 spiro atoms. The number of nitrogens with one attached hydrogen (secondary N) is 1. The standard InChI is InChI=1S/C12H10N2O2/c1-8-6-9(15)7-10(12(8)16)14-11-4-2-3-5-13-11/h2-7H,1H3,(H,13,14). The Bertz CT molecular complexity index is 501. The Morgan fingerprint density at radius 2 is 2.00 bits per heavy atom. The van der Waals surface area contributed by atoms with Crippen molar-refractivity contribution in [2.75, 3.05) is 5.32 Å². The molecule has 0 amide bonds. The third-order valence-corrected chi connectivity index (χ3v) is 2.18. The molecule has 0 fully saturated rings. The molecule has 0 radical (unpaired) electrons. The fourth-order valence-corrected chi connectivity index (χ4v) is 1.41. The number of nitrogens with zero attached hydrogens (tertiary/aromatic N) is 1. The molecule has 1 heterocycles. The number of allylic oxidation sites excluding steroid dienone is 3. The van der Waals surface area contributed by atoms with Crippen LogP contribution in [0, 0.1) is 0 Å². The maximum atomic E-state index is 11.7. The van der Waals surface area contributed by atoms with E-state index in [1.54, 1.807) is 31.3 Å². The zero-order chi connectivity index (χ0) is 11.5. The minimum atomic E-state index is -0.185. The normalized spacial score (nSPS) is 15.6. The first-order valence-electron chi connectivity index (χ1n) is 4.83. The summed E-state index contributed by atoms with van der Waals surface area (Å²) in [4.78, 5) is 27.0. The van der Waals surface area contributed by atoms with Crippen molar-refractivity contribution in [1.82, 2.24) is 4.98 Å². The van der Waals surface area contributed by atoms with Crippen molar-refractivity contribution in [2.45, 2.75) is 6.92 Å². The number of ketones is 2. The number of carbonyl (C=O) groups is 2. The van der Waals surface area contributed by atoms with Gasteiger partial charge in [-0.2, -0.15) is 0 Å². The highest BCUT2D eigenvalue weighted by Gasteiger charge is 2.18. The largest absolute Gasteiger partial charge is 0.337 e. The van der Waals surface area contributed by atoms with Gasteiger partial charge in [-0.3, -0.25) is 9.59 Å². The first-order valence-corrected chi connectivity index (χ1v) is 4.83. The fraction of sp³-hybridized carbons (Fsp3) is 0.0833. The first kappa shape index (κ1) is 10.3. The molecule has 1 N–H and O–H groups in total. The summed E-state index contributed by atoms with van der Waals surface area (Å²) in [6.07, 6.45) is 4.22. The average Bonchev–Trinajstić information content (AvgIpc) is 2.27. The van der Waals surface area contributed by atoms with Crippen LogP contribution in [0.25, 0.3) is 0 Å². The Kier molecular flexibility index (Phi) is 2.64. The van der Waals surface area contributed by atoms with Crippen molar-refractivity contribution in [1.29, 1.82) is 0 Å². The van der Waals surface area contributed by atoms with Crippen LogP contribution in [0.5, 0.6) is 0 Å². The summed E-state index contributed by atoms with van der Waals surface area (Å²) < 4.78 is 0. The number of pyridine rings is 1. The van der Waals surface area contributed by atoms with Crippen molar-refractivity contribution in [3.05, 3.63) is 47.8 Å². The summed E-state index contributed by atoms with van der Waals surface area (Å²) in [7, 11) is 0. The fourth-order valence-electron chi connectivity index (χ4n) is 1.41. The van der Waals surface area contributed by atoms with E-state index in [9.17, 15) is 9.59 Å². The van der Waals surface area contributed by atoms with Crippen molar-refractivity contribution in [3.8, 4) is 0 Å². The molecular formula is C12H10N2O2. The average molecular weight is 214 g/mol. The topological polar surface area (TPSA) is 59.1 Å². The zero-order valence-corrected chi connectivity index (χ0v) is 8.73. The molecule has 0 atom stereocenters. The van der Waals surface area contributed by atoms with Gasteiger partial charge in [0.05, 0.1) is 5.70 Å². The predicted molar refractivity (Wildman–Crippen MR) is 59.7 cm³/mol. The lowest BCUT2D eigenvalue weighted by atomic mass is 10.0. The third kappa shape index (κ3) is 2.06. The highest BCUT2D eigenvalue weighted by Crippen LogP contribution is 2.14. The Morgan fingerprint density at radius 1 is 1.19 bits per heavy atom. The Balaban J connectivity index is 2.23. The van der Waals surface area contributed by atoms with Gasteiger partial charge >= 0.3 is 0 Å². The van der Waals surface area contributed by atoms with Gasteiger partial charge < -0.3 is 5.32 Å². The van der Waals surface area contributed by atoms with Crippen LogP contribution in [0.3, 0.4) is 0 Å². The van der Waals surface area contributed by atoms with Crippen molar-refractivity contribution in [2.24, 2.45) is 0 Å². The molecule has 2 rings (SSSR count). The molecule has 0 bridgehead atoms. The minimum Gasteiger partial charge on any atom is -0.337 e. The van der Waals surface area contributed by atoms with Crippen LogP contribution >= 0.6 is 0 Å². The van der Waals surface area contributed by atoms with E-state index in [0.29, 0.717) is 11.4 Å². The molecule has 0 saturated carbocycles. The van der Waals surface area contributed by atoms with E-state index in [1.165, 1.54) is 12.2 Å². The molecule has 0 aromatic carbocycles. The zero-order valence-electron chi connectivity index (χ0n) is 8.73. The Hall–Kier alpha value is -2.23. The molecule has 1 aromatic rings. The summed E-state index contributed by atoms with van der Waals surface area (Å²) in [6.45, 7) is 1.62. The van der Waals surface area contributed by atoms with E-state index in [0.717, 1.165) is 0 Å². The number of anilines is 1. The molecule has 4 heteroatoms. The molecule has 1 aliphatic rings. The van der Waals surface area contributed by atoms with Crippen LogP contribution in [-0.2, 0) is 9.59 Å². The highest BCUT2D eigenvalue weighted by molar-refractivity contribution is 6.21. The van der Waals surface area contributed by atoms with Crippen molar-refractivity contribution in [3.63, 3.8) is 0 Å². The second-order valence-electron chi connectivity index (χ2n) is 3.46. The molecule has 1 aromatic heterocycles. The van der Waals surface area contributed by atoms with E-state index < -0.39 is 0 Å². The number of aromatic nitrogens is 1. The van der Waals surface area contributed by atoms with Gasteiger partial charge in [0.15, 0.2) is 5.78 Å². The van der Waals surface area contributed by atoms with Crippen molar-refractivity contribution < 1.29 is 9.59 Å². The lowest BCUT2D eigenvalue weighted by Crippen LogP contribution is -2.18. The number of Topliss-reactive ketones (excluding diaryl/α,β-unsaturated/α-hetero) is 1. The second kappa shape index (κ2) is 4.10. The number of hydrogen-bond acceptors (Lipinski definition) is 4. The van der Waals surface area contributed by atoms with E-state index in [-0.39, 0.29) is 17.3 Å². The first-order chi connectivity index (χ1) is 7.66. The van der Waals surface area contributed by atoms with Gasteiger partial charge in [-0.15, -0.1) is 0 Å². The van der Waals surface area contributed by atoms with Gasteiger partial charge in [-0.1, -0.05) is 6.07 Å². The molecule has 0 unspecified atom stereocenters. The van der Waals surface area contributed by atoms with Gasteiger partial charge in [-0.25, -0.2) is 4.98 Å². The van der Waals surface area contributed by atoms with Gasteiger partial charge in [0.1, 0.15) is 5.82 Å². The molecule has 0 saturated heterocycles. The smallest absolute Gasteiger partial charge is 0.205 e. The molecule has 1 aliphatic carbocycles. The van der Waals surface area contributed by atoms with E-state index in [2.05, 4.69) is 10.3 Å². The van der Waals surface area contributed by atoms with Crippen molar-refractivity contribution >= 4 is 17.4 Å². The van der Waals surface area contributed by atoms with Gasteiger partial charge in [0.2, 0.25) is 5.78 Å². The maximum Gasteiger partial charge on any atom is 0.205 e. The summed E-state index contributed by atoms with van der Waals surface area (Å²) in [5.74, 6) is 0.186. The van der Waals surface area contributed by atoms with Crippen LogP contribution in [0.1, 0.15) is 6.92 Å². The SMILES string of the molecule is CC1=CC(=O)C=C(Nc2ccccn2)C1=O. The quantitative estimate of drug-likeness (QED) is 0.757. The predicted octanol–water partition coefficient (Wildman–Crippen LogP) is 1.48. The highest BCUT2D eigenvalue weighted by atomic mass is 16.1. The third-order valence-electron chi connectivity index (χ3n) is 2.18. The molecule has 80 valence electrons. The monoisotopic (exact) mass is 214 g/mol. The van der Waals surface area contributed by atoms with Crippen LogP contribution in [0.15, 0.2) is 47.8 Å². The van der Waals surface area contributed by atoms with Gasteiger partial charge in [0, 0.05) is 17.8 Å². The molecule has 4 nitrogen and oxygen atoms in total. The summed E-state index contributed by atoms with van der Waals surface area (Å²) in [6, 6.07) is 5.30. The van der Waals surface area contributed by atoms with Gasteiger partial charge in [-0.05, 0) is 25.1 Å². The van der Waals surface area contributed by atoms with E-state index in [4.69, 9.17) is 0 Å². The van der Waals surface area contributed by atoms with E-state index >= 15 is 0 Å². The number of hydrogen-bond donors (Lipinski definition) is 1. The van der Waals surface area contributed by atoms with E-state index in [1.807, 2.05) is 0 Å². The Labute approximate surface area is 92.7 Å². The van der Waals surface area contributed by atoms with Crippen LogP contribution in [0.2, 0.25) is 0 Å². The van der Waals surface area contributed by atoms with Gasteiger partial charge in [0.25, 0.3) is 0 Å². The second-order valence-corrected chi connectivity index (χ2v) is 3.46. The lowest BCUT2D eigenvalue weighted by molar-refractivity contribution is -0.115.